The highest BCUT2D eigenvalue weighted by atomic mass is 15.3. The lowest BCUT2D eigenvalue weighted by Crippen LogP contribution is -2.40. The fourth-order valence-corrected chi connectivity index (χ4v) is 2.09. The van der Waals surface area contributed by atoms with E-state index in [1.165, 1.54) is 17.0 Å². The molecule has 0 spiro atoms. The summed E-state index contributed by atoms with van der Waals surface area (Å²) in [6.07, 6.45) is 2.22. The van der Waals surface area contributed by atoms with Crippen molar-refractivity contribution in [2.75, 3.05) is 6.54 Å². The first kappa shape index (κ1) is 14.2. The Hall–Kier alpha value is -0.830. The predicted molar refractivity (Wildman–Crippen MR) is 73.5 cm³/mol. The predicted octanol–water partition coefficient (Wildman–Crippen LogP) is 2.84. The molecule has 1 aromatic heterocycles. The van der Waals surface area contributed by atoms with Crippen LogP contribution >= 0.6 is 0 Å². The maximum atomic E-state index is 4.60. The molecule has 1 heterocycles. The summed E-state index contributed by atoms with van der Waals surface area (Å²) in [5.74, 6) is 0. The number of hydrogen-bond donors (Lipinski definition) is 1. The molecule has 0 aliphatic rings. The number of nitrogens with zero attached hydrogens (tertiary/aromatic N) is 2. The molecule has 0 saturated carbocycles. The van der Waals surface area contributed by atoms with Gasteiger partial charge in [0.05, 0.1) is 12.2 Å². The molecule has 3 nitrogen and oxygen atoms in total. The van der Waals surface area contributed by atoms with Crippen LogP contribution in [0.25, 0.3) is 0 Å². The molecule has 0 aliphatic heterocycles. The molecule has 1 aromatic rings. The first-order valence-corrected chi connectivity index (χ1v) is 6.69. The van der Waals surface area contributed by atoms with Crippen LogP contribution in [0.5, 0.6) is 0 Å². The van der Waals surface area contributed by atoms with E-state index in [1.807, 2.05) is 0 Å². The molecule has 0 amide bonds. The highest BCUT2D eigenvalue weighted by Gasteiger charge is 2.14. The Bertz CT molecular complexity index is 364. The van der Waals surface area contributed by atoms with Crippen LogP contribution in [-0.4, -0.2) is 21.9 Å². The van der Waals surface area contributed by atoms with Crippen LogP contribution < -0.4 is 5.32 Å². The Kier molecular flexibility index (Phi) is 4.75. The van der Waals surface area contributed by atoms with Crippen molar-refractivity contribution in [2.45, 2.75) is 66.5 Å². The van der Waals surface area contributed by atoms with Crippen molar-refractivity contribution >= 4 is 0 Å². The summed E-state index contributed by atoms with van der Waals surface area (Å²) in [6.45, 7) is 15.1. The third kappa shape index (κ3) is 3.56. The Morgan fingerprint density at radius 2 is 1.88 bits per heavy atom. The van der Waals surface area contributed by atoms with Crippen molar-refractivity contribution < 1.29 is 0 Å². The van der Waals surface area contributed by atoms with Crippen LogP contribution in [0.4, 0.5) is 0 Å². The quantitative estimate of drug-likeness (QED) is 0.824. The average molecular weight is 237 g/mol. The molecule has 1 N–H and O–H groups in total. The summed E-state index contributed by atoms with van der Waals surface area (Å²) in [5, 5.41) is 8.17. The number of rotatable bonds is 6. The molecule has 0 saturated heterocycles. The van der Waals surface area contributed by atoms with Crippen molar-refractivity contribution in [3.8, 4) is 0 Å². The van der Waals surface area contributed by atoms with Gasteiger partial charge in [0, 0.05) is 17.8 Å². The summed E-state index contributed by atoms with van der Waals surface area (Å²) in [6, 6.07) is 0. The normalized spacial score (nSPS) is 12.1. The van der Waals surface area contributed by atoms with E-state index in [4.69, 9.17) is 0 Å². The van der Waals surface area contributed by atoms with Gasteiger partial charge in [0.15, 0.2) is 0 Å². The first-order chi connectivity index (χ1) is 7.91. The maximum Gasteiger partial charge on any atom is 0.0628 e. The van der Waals surface area contributed by atoms with E-state index in [1.54, 1.807) is 0 Å². The lowest BCUT2D eigenvalue weighted by atomic mass is 10.0. The van der Waals surface area contributed by atoms with Gasteiger partial charge in [-0.25, -0.2) is 0 Å². The molecule has 17 heavy (non-hydrogen) atoms. The zero-order valence-corrected chi connectivity index (χ0v) is 12.2. The second kappa shape index (κ2) is 5.67. The van der Waals surface area contributed by atoms with Crippen LogP contribution in [0.2, 0.25) is 0 Å². The largest absolute Gasteiger partial charge is 0.310 e. The van der Waals surface area contributed by atoms with Crippen LogP contribution in [-0.2, 0) is 13.0 Å². The lowest BCUT2D eigenvalue weighted by Gasteiger charge is -2.24. The molecule has 0 fully saturated rings. The molecule has 0 aliphatic carbocycles. The van der Waals surface area contributed by atoms with Crippen LogP contribution in [0.3, 0.4) is 0 Å². The first-order valence-electron chi connectivity index (χ1n) is 6.69. The van der Waals surface area contributed by atoms with Crippen molar-refractivity contribution in [1.29, 1.82) is 0 Å². The van der Waals surface area contributed by atoms with Crippen molar-refractivity contribution in [3.63, 3.8) is 0 Å². The minimum Gasteiger partial charge on any atom is -0.310 e. The fraction of sp³-hybridized carbons (Fsp3) is 0.786. The molecule has 0 bridgehead atoms. The van der Waals surface area contributed by atoms with E-state index in [0.717, 1.165) is 25.9 Å². The second-order valence-electron chi connectivity index (χ2n) is 5.39. The third-order valence-corrected chi connectivity index (χ3v) is 3.70. The van der Waals surface area contributed by atoms with Crippen molar-refractivity contribution in [2.24, 2.45) is 0 Å². The molecule has 98 valence electrons. The van der Waals surface area contributed by atoms with Gasteiger partial charge in [-0.15, -0.1) is 0 Å². The monoisotopic (exact) mass is 237 g/mol. The van der Waals surface area contributed by atoms with Gasteiger partial charge in [0.2, 0.25) is 0 Å². The molecule has 0 atom stereocenters. The molecule has 0 radical (unpaired) electrons. The van der Waals surface area contributed by atoms with E-state index in [-0.39, 0.29) is 5.54 Å². The van der Waals surface area contributed by atoms with Crippen LogP contribution in [0, 0.1) is 13.8 Å². The molecule has 1 rings (SSSR count). The highest BCUT2D eigenvalue weighted by molar-refractivity contribution is 5.24. The summed E-state index contributed by atoms with van der Waals surface area (Å²) >= 11 is 0. The number of aromatic nitrogens is 2. The van der Waals surface area contributed by atoms with Gasteiger partial charge in [-0.05, 0) is 46.1 Å². The zero-order chi connectivity index (χ0) is 13.1. The maximum absolute atomic E-state index is 4.60. The van der Waals surface area contributed by atoms with E-state index in [2.05, 4.69) is 56.6 Å². The van der Waals surface area contributed by atoms with Gasteiger partial charge < -0.3 is 5.32 Å². The lowest BCUT2D eigenvalue weighted by molar-refractivity contribution is 0.362. The average Bonchev–Trinajstić information content (AvgIpc) is 2.54. The van der Waals surface area contributed by atoms with Gasteiger partial charge in [-0.2, -0.15) is 5.10 Å². The summed E-state index contributed by atoms with van der Waals surface area (Å²) in [7, 11) is 0. The fourth-order valence-electron chi connectivity index (χ4n) is 2.09. The molecule has 0 unspecified atom stereocenters. The second-order valence-corrected chi connectivity index (χ2v) is 5.39. The molecular formula is C14H27N3. The summed E-state index contributed by atoms with van der Waals surface area (Å²) in [5.41, 5.74) is 4.13. The Balaban J connectivity index is 2.59. The summed E-state index contributed by atoms with van der Waals surface area (Å²) in [4.78, 5) is 0. The van der Waals surface area contributed by atoms with Gasteiger partial charge in [0.1, 0.15) is 0 Å². The molecule has 0 aromatic carbocycles. The van der Waals surface area contributed by atoms with Crippen molar-refractivity contribution in [3.05, 3.63) is 17.0 Å². The van der Waals surface area contributed by atoms with Gasteiger partial charge in [0.25, 0.3) is 0 Å². The molecular weight excluding hydrogens is 210 g/mol. The van der Waals surface area contributed by atoms with Crippen LogP contribution in [0.1, 0.15) is 51.1 Å². The van der Waals surface area contributed by atoms with E-state index in [0.29, 0.717) is 0 Å². The SMILES string of the molecule is CCc1c(C)nn(CCNC(C)(C)CC)c1C. The number of hydrogen-bond acceptors (Lipinski definition) is 2. The van der Waals surface area contributed by atoms with Crippen LogP contribution in [0.15, 0.2) is 0 Å². The standard InChI is InChI=1S/C14H27N3/c1-7-13-11(3)16-17(12(13)4)10-9-15-14(5,6)8-2/h15H,7-10H2,1-6H3. The zero-order valence-electron chi connectivity index (χ0n) is 12.2. The Morgan fingerprint density at radius 1 is 1.24 bits per heavy atom. The topological polar surface area (TPSA) is 29.9 Å². The van der Waals surface area contributed by atoms with Crippen molar-refractivity contribution in [1.82, 2.24) is 15.1 Å². The van der Waals surface area contributed by atoms with Gasteiger partial charge >= 0.3 is 0 Å². The minimum atomic E-state index is 0.226. The van der Waals surface area contributed by atoms with Gasteiger partial charge in [-0.3, -0.25) is 4.68 Å². The Morgan fingerprint density at radius 3 is 2.35 bits per heavy atom. The molecule has 3 heteroatoms. The number of aryl methyl sites for hydroxylation is 1. The third-order valence-electron chi connectivity index (χ3n) is 3.70. The van der Waals surface area contributed by atoms with Gasteiger partial charge in [-0.1, -0.05) is 13.8 Å². The van der Waals surface area contributed by atoms with E-state index >= 15 is 0 Å². The summed E-state index contributed by atoms with van der Waals surface area (Å²) < 4.78 is 2.13. The van der Waals surface area contributed by atoms with E-state index < -0.39 is 0 Å². The smallest absolute Gasteiger partial charge is 0.0628 e. The minimum absolute atomic E-state index is 0.226. The number of nitrogens with one attached hydrogen (secondary N) is 1. The Labute approximate surface area is 106 Å². The highest BCUT2D eigenvalue weighted by Crippen LogP contribution is 2.13. The van der Waals surface area contributed by atoms with E-state index in [9.17, 15) is 0 Å².